The van der Waals surface area contributed by atoms with Crippen molar-refractivity contribution in [2.45, 2.75) is 213 Å². The van der Waals surface area contributed by atoms with Crippen molar-refractivity contribution in [3.63, 3.8) is 0 Å². The van der Waals surface area contributed by atoms with Gasteiger partial charge in [0.2, 0.25) is 0 Å². The lowest BCUT2D eigenvalue weighted by atomic mass is 9.74. The van der Waals surface area contributed by atoms with Crippen molar-refractivity contribution in [3.8, 4) is 0 Å². The van der Waals surface area contributed by atoms with Crippen LogP contribution in [0.4, 0.5) is 0 Å². The Hall–Kier alpha value is -2.76. The van der Waals surface area contributed by atoms with Crippen molar-refractivity contribution in [1.82, 2.24) is 0 Å². The molecule has 4 aromatic carbocycles. The van der Waals surface area contributed by atoms with Gasteiger partial charge in [0.1, 0.15) is 0 Å². The largest absolute Gasteiger partial charge is 0.368 e. The molecule has 0 radical (unpaired) electrons. The molecule has 1 heterocycles. The molecule has 0 saturated carbocycles. The first-order chi connectivity index (χ1) is 25.3. The molecule has 0 bridgehead atoms. The predicted octanol–water partition coefficient (Wildman–Crippen LogP) is 14.1. The molecule has 4 aromatic rings. The maximum absolute atomic E-state index is 7.54. The quantitative estimate of drug-likeness (QED) is 0.179. The zero-order valence-electron chi connectivity index (χ0n) is 40.0. The van der Waals surface area contributed by atoms with Crippen molar-refractivity contribution in [1.29, 1.82) is 0 Å². The van der Waals surface area contributed by atoms with Gasteiger partial charge >= 0.3 is 0 Å². The first-order valence-electron chi connectivity index (χ1n) is 21.0. The van der Waals surface area contributed by atoms with Crippen LogP contribution in [0.3, 0.4) is 0 Å². The van der Waals surface area contributed by atoms with Gasteiger partial charge in [-0.05, 0) is 277 Å². The van der Waals surface area contributed by atoms with E-state index in [1.807, 2.05) is 0 Å². The van der Waals surface area contributed by atoms with Crippen LogP contribution in [0.5, 0.6) is 0 Å². The summed E-state index contributed by atoms with van der Waals surface area (Å²) in [6, 6.07) is 0. The van der Waals surface area contributed by atoms with Gasteiger partial charge in [-0.2, -0.15) is 0 Å². The highest BCUT2D eigenvalue weighted by Crippen LogP contribution is 2.51. The first kappa shape index (κ1) is 44.3. The average Bonchev–Trinajstić information content (AvgIpc) is 3.05. The molecule has 0 spiro atoms. The Bertz CT molecular complexity index is 2120. The smallest absolute Gasteiger partial charge is 0.0921 e. The molecule has 0 saturated heterocycles. The second-order valence-corrected chi connectivity index (χ2v) is 20.6. The van der Waals surface area contributed by atoms with Gasteiger partial charge in [-0.1, -0.05) is 0 Å². The van der Waals surface area contributed by atoms with E-state index in [2.05, 4.69) is 166 Å². The van der Waals surface area contributed by atoms with Crippen molar-refractivity contribution in [3.05, 3.63) is 89.0 Å². The lowest BCUT2D eigenvalue weighted by Crippen LogP contribution is -2.53. The molecule has 0 aromatic heterocycles. The summed E-state index contributed by atoms with van der Waals surface area (Å²) in [5.41, 5.74) is 16.4. The topological polar surface area (TPSA) is 36.9 Å². The van der Waals surface area contributed by atoms with Gasteiger partial charge in [0.15, 0.2) is 0 Å². The van der Waals surface area contributed by atoms with Gasteiger partial charge in [0.05, 0.1) is 46.8 Å². The predicted molar refractivity (Wildman–Crippen MR) is 239 cm³/mol. The highest BCUT2D eigenvalue weighted by Gasteiger charge is 2.48. The van der Waals surface area contributed by atoms with Gasteiger partial charge in [-0.3, -0.25) is 0 Å². The fraction of sp³-hybridized carbons (Fsp3) is 0.615. The van der Waals surface area contributed by atoms with E-state index in [1.165, 1.54) is 111 Å². The molecule has 308 valence electrons. The Morgan fingerprint density at radius 3 is 0.857 bits per heavy atom. The molecule has 0 unspecified atom stereocenters. The molecule has 0 aliphatic carbocycles. The van der Waals surface area contributed by atoms with E-state index >= 15 is 0 Å². The lowest BCUT2D eigenvalue weighted by molar-refractivity contribution is -0.229. The van der Waals surface area contributed by atoms with Gasteiger partial charge < -0.3 is 18.9 Å². The monoisotopic (exact) mass is 765 g/mol. The highest BCUT2D eigenvalue weighted by atomic mass is 16.6. The Kier molecular flexibility index (Phi) is 11.0. The number of hydrogen-bond donors (Lipinski definition) is 0. The molecule has 0 atom stereocenters. The maximum Gasteiger partial charge on any atom is 0.0921 e. The third kappa shape index (κ3) is 6.67. The van der Waals surface area contributed by atoms with E-state index in [4.69, 9.17) is 18.9 Å². The van der Waals surface area contributed by atoms with Gasteiger partial charge in [0, 0.05) is 0 Å². The van der Waals surface area contributed by atoms with E-state index < -0.39 is 33.6 Å². The van der Waals surface area contributed by atoms with E-state index in [0.717, 1.165) is 0 Å². The summed E-state index contributed by atoms with van der Waals surface area (Å²) in [5, 5.41) is 5.13. The Morgan fingerprint density at radius 2 is 0.554 bits per heavy atom. The molecular weight excluding hydrogens is 689 g/mol. The molecule has 0 N–H and O–H groups in total. The van der Waals surface area contributed by atoms with Crippen LogP contribution in [-0.2, 0) is 43.4 Å². The molecule has 0 amide bonds. The van der Waals surface area contributed by atoms with Crippen LogP contribution in [0.15, 0.2) is 0 Å². The standard InChI is InChI=1S/C52H76O4/c1-27-31(5)39-25-53-49(17,18)51(21,22)55-47(13,14)45-37(11)29(3)35(9)42-36(10)30(4)38(12)46(44(42)45)48(15,16)56-52(23,24)50(19,20)54-26-40-32(6)28(2)34(8)41(33(27)7)43(39)40/h25-26H2,1-24H3. The number of ether oxygens (including phenoxy) is 4. The molecule has 1 aliphatic heterocycles. The normalized spacial score (nSPS) is 20.6. The first-order valence-corrected chi connectivity index (χ1v) is 21.0. The van der Waals surface area contributed by atoms with Crippen molar-refractivity contribution in [2.24, 2.45) is 0 Å². The molecular formula is C52H76O4. The van der Waals surface area contributed by atoms with Crippen LogP contribution in [0.2, 0.25) is 0 Å². The van der Waals surface area contributed by atoms with Gasteiger partial charge in [-0.15, -0.1) is 0 Å². The molecule has 0 fully saturated rings. The van der Waals surface area contributed by atoms with Crippen molar-refractivity contribution >= 4 is 21.5 Å². The van der Waals surface area contributed by atoms with Gasteiger partial charge in [0.25, 0.3) is 0 Å². The van der Waals surface area contributed by atoms with E-state index in [-0.39, 0.29) is 0 Å². The SMILES string of the molecule is Cc1c(C)c2c3c(c(C)c(C)c(C)c3c1C)COC(C)(C)C(C)(C)OC(C)(C)c1c(C)c(C)c(C)c3c(C)c(C)c(C)c(c13)C(C)(C)OC(C)(C)C(C)(C)OC2. The Labute approximate surface area is 341 Å². The third-order valence-electron chi connectivity index (χ3n) is 15.5. The molecule has 5 rings (SSSR count). The molecule has 56 heavy (non-hydrogen) atoms. The van der Waals surface area contributed by atoms with Crippen LogP contribution in [0, 0.1) is 83.1 Å². The van der Waals surface area contributed by atoms with Crippen LogP contribution < -0.4 is 0 Å². The van der Waals surface area contributed by atoms with E-state index in [1.54, 1.807) is 0 Å². The summed E-state index contributed by atoms with van der Waals surface area (Å²) in [6.07, 6.45) is 0. The Morgan fingerprint density at radius 1 is 0.286 bits per heavy atom. The Balaban J connectivity index is 1.92. The lowest BCUT2D eigenvalue weighted by Gasteiger charge is -2.48. The van der Waals surface area contributed by atoms with E-state index in [9.17, 15) is 0 Å². The van der Waals surface area contributed by atoms with Crippen LogP contribution in [-0.4, -0.2) is 22.4 Å². The van der Waals surface area contributed by atoms with Crippen LogP contribution >= 0.6 is 0 Å². The second kappa shape index (κ2) is 13.9. The number of aryl methyl sites for hydroxylation is 4. The number of benzene rings is 4. The fourth-order valence-corrected chi connectivity index (χ4v) is 9.97. The fourth-order valence-electron chi connectivity index (χ4n) is 9.97. The van der Waals surface area contributed by atoms with Crippen molar-refractivity contribution < 1.29 is 18.9 Å². The second-order valence-electron chi connectivity index (χ2n) is 20.6. The number of rotatable bonds is 0. The minimum atomic E-state index is -0.699. The summed E-state index contributed by atoms with van der Waals surface area (Å²) in [4.78, 5) is 0. The summed E-state index contributed by atoms with van der Waals surface area (Å²) in [7, 11) is 0. The zero-order valence-corrected chi connectivity index (χ0v) is 40.0. The summed E-state index contributed by atoms with van der Waals surface area (Å²) >= 11 is 0. The minimum absolute atomic E-state index is 0.457. The average molecular weight is 765 g/mol. The zero-order chi connectivity index (χ0) is 42.8. The molecule has 4 heteroatoms. The van der Waals surface area contributed by atoms with Crippen molar-refractivity contribution in [2.75, 3.05) is 0 Å². The molecule has 1 aliphatic rings. The maximum atomic E-state index is 7.54. The van der Waals surface area contributed by atoms with Crippen LogP contribution in [0.1, 0.15) is 172 Å². The molecule has 4 nitrogen and oxygen atoms in total. The summed E-state index contributed by atoms with van der Waals surface area (Å²) < 4.78 is 29.5. The summed E-state index contributed by atoms with van der Waals surface area (Å²) in [6.45, 7) is 54.8. The van der Waals surface area contributed by atoms with Crippen LogP contribution in [0.25, 0.3) is 21.5 Å². The van der Waals surface area contributed by atoms with E-state index in [0.29, 0.717) is 13.2 Å². The highest BCUT2D eigenvalue weighted by molar-refractivity contribution is 5.99. The number of hydrogen-bond acceptors (Lipinski definition) is 4. The minimum Gasteiger partial charge on any atom is -0.368 e. The third-order valence-corrected chi connectivity index (χ3v) is 15.5. The van der Waals surface area contributed by atoms with Gasteiger partial charge in [-0.25, -0.2) is 0 Å². The summed E-state index contributed by atoms with van der Waals surface area (Å²) in [5.74, 6) is 0.